The summed E-state index contributed by atoms with van der Waals surface area (Å²) in [6, 6.07) is 2.01. The molecule has 0 atom stereocenters. The minimum atomic E-state index is -0.340. The fourth-order valence-electron chi connectivity index (χ4n) is 1.58. The van der Waals surface area contributed by atoms with Gasteiger partial charge >= 0.3 is 0 Å². The Labute approximate surface area is 113 Å². The number of hydrogen-bond donors (Lipinski definition) is 1. The van der Waals surface area contributed by atoms with E-state index in [1.54, 1.807) is 16.2 Å². The van der Waals surface area contributed by atoms with E-state index in [-0.39, 0.29) is 11.3 Å². The zero-order chi connectivity index (χ0) is 13.8. The van der Waals surface area contributed by atoms with E-state index < -0.39 is 0 Å². The highest BCUT2D eigenvalue weighted by atomic mass is 32.1. The van der Waals surface area contributed by atoms with Gasteiger partial charge < -0.3 is 10.6 Å². The third-order valence-electron chi connectivity index (χ3n) is 2.38. The molecule has 0 aromatic carbocycles. The maximum absolute atomic E-state index is 12.0. The van der Waals surface area contributed by atoms with Crippen LogP contribution in [0.5, 0.6) is 0 Å². The van der Waals surface area contributed by atoms with E-state index in [9.17, 15) is 4.79 Å². The molecule has 0 saturated heterocycles. The smallest absolute Gasteiger partial charge is 0.227 e. The highest BCUT2D eigenvalue weighted by Gasteiger charge is 2.24. The van der Waals surface area contributed by atoms with Crippen molar-refractivity contribution < 1.29 is 4.79 Å². The summed E-state index contributed by atoms with van der Waals surface area (Å²) in [4.78, 5) is 14.8. The molecule has 1 rings (SSSR count). The van der Waals surface area contributed by atoms with Crippen molar-refractivity contribution in [2.75, 3.05) is 13.6 Å². The Balaban J connectivity index is 2.68. The average molecular weight is 264 g/mol. The van der Waals surface area contributed by atoms with E-state index in [2.05, 4.69) is 11.8 Å². The maximum Gasteiger partial charge on any atom is 0.227 e. The average Bonchev–Trinajstić information content (AvgIpc) is 2.71. The van der Waals surface area contributed by atoms with Gasteiger partial charge in [-0.15, -0.1) is 11.3 Å². The van der Waals surface area contributed by atoms with Crippen LogP contribution in [-0.4, -0.2) is 24.4 Å². The van der Waals surface area contributed by atoms with Gasteiger partial charge in [0.25, 0.3) is 0 Å². The van der Waals surface area contributed by atoms with Gasteiger partial charge in [0.2, 0.25) is 5.91 Å². The first-order valence-corrected chi connectivity index (χ1v) is 6.74. The molecule has 1 heterocycles. The topological polar surface area (TPSA) is 46.3 Å². The van der Waals surface area contributed by atoms with Gasteiger partial charge in [-0.1, -0.05) is 32.6 Å². The van der Waals surface area contributed by atoms with E-state index in [0.717, 1.165) is 10.4 Å². The Hall–Kier alpha value is -1.31. The molecule has 4 heteroatoms. The maximum atomic E-state index is 12.0. The van der Waals surface area contributed by atoms with Crippen LogP contribution in [0.3, 0.4) is 0 Å². The first kappa shape index (κ1) is 14.7. The van der Waals surface area contributed by atoms with Crippen LogP contribution in [0.15, 0.2) is 11.4 Å². The minimum absolute atomic E-state index is 0.142. The van der Waals surface area contributed by atoms with Crippen molar-refractivity contribution >= 4 is 17.2 Å². The predicted octanol–water partition coefficient (Wildman–Crippen LogP) is 2.06. The summed E-state index contributed by atoms with van der Waals surface area (Å²) in [5.74, 6) is 5.97. The van der Waals surface area contributed by atoms with Crippen LogP contribution in [0.25, 0.3) is 0 Å². The van der Waals surface area contributed by atoms with Gasteiger partial charge in [0.05, 0.1) is 11.4 Å². The lowest BCUT2D eigenvalue weighted by Crippen LogP contribution is -2.36. The number of carbonyl (C=O) groups is 1. The Kier molecular flexibility index (Phi) is 4.94. The van der Waals surface area contributed by atoms with Gasteiger partial charge in [-0.05, 0) is 17.0 Å². The lowest BCUT2D eigenvalue weighted by Gasteiger charge is -2.25. The standard InChI is InChI=1S/C14H20N2OS/c1-14(2,3)13(17)16(4)9-11-8-12(18-10-11)6-5-7-15/h8,10H,7,9,15H2,1-4H3. The molecule has 0 saturated carbocycles. The van der Waals surface area contributed by atoms with Crippen LogP contribution in [0.4, 0.5) is 0 Å². The monoisotopic (exact) mass is 264 g/mol. The highest BCUT2D eigenvalue weighted by molar-refractivity contribution is 7.10. The lowest BCUT2D eigenvalue weighted by molar-refractivity contribution is -0.138. The number of nitrogens with zero attached hydrogens (tertiary/aromatic N) is 1. The molecule has 18 heavy (non-hydrogen) atoms. The fraction of sp³-hybridized carbons (Fsp3) is 0.500. The number of hydrogen-bond acceptors (Lipinski definition) is 3. The Bertz CT molecular complexity index is 474. The minimum Gasteiger partial charge on any atom is -0.341 e. The zero-order valence-corrected chi connectivity index (χ0v) is 12.2. The second-order valence-electron chi connectivity index (χ2n) is 5.24. The van der Waals surface area contributed by atoms with Gasteiger partial charge in [0.1, 0.15) is 0 Å². The summed E-state index contributed by atoms with van der Waals surface area (Å²) in [6.45, 7) is 6.78. The van der Waals surface area contributed by atoms with E-state index in [1.807, 2.05) is 39.3 Å². The highest BCUT2D eigenvalue weighted by Crippen LogP contribution is 2.20. The number of amides is 1. The van der Waals surface area contributed by atoms with Crippen molar-refractivity contribution in [1.29, 1.82) is 0 Å². The van der Waals surface area contributed by atoms with Crippen molar-refractivity contribution in [2.24, 2.45) is 11.1 Å². The molecule has 1 amide bonds. The molecule has 0 bridgehead atoms. The Morgan fingerprint density at radius 3 is 2.72 bits per heavy atom. The van der Waals surface area contributed by atoms with E-state index in [4.69, 9.17) is 5.73 Å². The third-order valence-corrected chi connectivity index (χ3v) is 3.27. The van der Waals surface area contributed by atoms with Crippen molar-refractivity contribution in [2.45, 2.75) is 27.3 Å². The predicted molar refractivity (Wildman–Crippen MR) is 76.2 cm³/mol. The van der Waals surface area contributed by atoms with Crippen molar-refractivity contribution in [1.82, 2.24) is 4.90 Å². The summed E-state index contributed by atoms with van der Waals surface area (Å²) in [5, 5.41) is 2.03. The third kappa shape index (κ3) is 4.17. The molecule has 1 aromatic heterocycles. The number of nitrogens with two attached hydrogens (primary N) is 1. The van der Waals surface area contributed by atoms with Crippen LogP contribution in [0.1, 0.15) is 31.2 Å². The fourth-order valence-corrected chi connectivity index (χ4v) is 2.35. The number of rotatable bonds is 2. The van der Waals surface area contributed by atoms with Crippen molar-refractivity contribution in [3.05, 3.63) is 21.9 Å². The number of thiophene rings is 1. The summed E-state index contributed by atoms with van der Waals surface area (Å²) in [7, 11) is 1.83. The second kappa shape index (κ2) is 6.03. The van der Waals surface area contributed by atoms with Crippen LogP contribution < -0.4 is 5.73 Å². The van der Waals surface area contributed by atoms with E-state index >= 15 is 0 Å². The molecule has 0 aliphatic heterocycles. The summed E-state index contributed by atoms with van der Waals surface area (Å²) >= 11 is 1.58. The molecular weight excluding hydrogens is 244 g/mol. The van der Waals surface area contributed by atoms with E-state index in [1.165, 1.54) is 0 Å². The molecule has 0 radical (unpaired) electrons. The molecule has 1 aromatic rings. The van der Waals surface area contributed by atoms with Crippen LogP contribution >= 0.6 is 11.3 Å². The van der Waals surface area contributed by atoms with Crippen molar-refractivity contribution in [3.8, 4) is 11.8 Å². The van der Waals surface area contributed by atoms with Gasteiger partial charge in [0, 0.05) is 19.0 Å². The summed E-state index contributed by atoms with van der Waals surface area (Å²) < 4.78 is 0. The normalized spacial score (nSPS) is 10.7. The molecule has 0 spiro atoms. The Morgan fingerprint density at radius 2 is 2.17 bits per heavy atom. The number of carbonyl (C=O) groups excluding carboxylic acids is 1. The zero-order valence-electron chi connectivity index (χ0n) is 11.4. The molecule has 0 aliphatic carbocycles. The SMILES string of the molecule is CN(Cc1csc(C#CCN)c1)C(=O)C(C)(C)C. The molecule has 0 aliphatic rings. The van der Waals surface area contributed by atoms with Gasteiger partial charge in [-0.2, -0.15) is 0 Å². The molecule has 0 fully saturated rings. The molecule has 0 unspecified atom stereocenters. The van der Waals surface area contributed by atoms with Crippen LogP contribution in [-0.2, 0) is 11.3 Å². The first-order valence-electron chi connectivity index (χ1n) is 5.86. The molecular formula is C14H20N2OS. The summed E-state index contributed by atoms with van der Waals surface area (Å²) in [6.07, 6.45) is 0. The molecule has 98 valence electrons. The van der Waals surface area contributed by atoms with Gasteiger partial charge in [0.15, 0.2) is 0 Å². The summed E-state index contributed by atoms with van der Waals surface area (Å²) in [5.41, 5.74) is 6.10. The van der Waals surface area contributed by atoms with Crippen LogP contribution in [0.2, 0.25) is 0 Å². The molecule has 3 nitrogen and oxygen atoms in total. The first-order chi connectivity index (χ1) is 8.34. The quantitative estimate of drug-likeness (QED) is 0.831. The van der Waals surface area contributed by atoms with Gasteiger partial charge in [-0.25, -0.2) is 0 Å². The Morgan fingerprint density at radius 1 is 1.50 bits per heavy atom. The second-order valence-corrected chi connectivity index (χ2v) is 6.15. The van der Waals surface area contributed by atoms with Crippen molar-refractivity contribution in [3.63, 3.8) is 0 Å². The van der Waals surface area contributed by atoms with E-state index in [0.29, 0.717) is 13.1 Å². The lowest BCUT2D eigenvalue weighted by atomic mass is 9.95. The largest absolute Gasteiger partial charge is 0.341 e. The van der Waals surface area contributed by atoms with Gasteiger partial charge in [-0.3, -0.25) is 4.79 Å². The van der Waals surface area contributed by atoms with Crippen LogP contribution in [0, 0.1) is 17.3 Å². The molecule has 2 N–H and O–H groups in total.